The lowest BCUT2D eigenvalue weighted by atomic mass is 10.3. The summed E-state index contributed by atoms with van der Waals surface area (Å²) in [6.07, 6.45) is 3.49. The fraction of sp³-hybridized carbons (Fsp3) is 0.800. The zero-order valence-corrected chi connectivity index (χ0v) is 8.36. The van der Waals surface area contributed by atoms with Gasteiger partial charge in [-0.25, -0.2) is 0 Å². The van der Waals surface area contributed by atoms with Crippen molar-refractivity contribution in [3.63, 3.8) is 0 Å². The Kier molecular flexibility index (Phi) is 10.9. The van der Waals surface area contributed by atoms with E-state index >= 15 is 0 Å². The van der Waals surface area contributed by atoms with E-state index < -0.39 is 0 Å². The van der Waals surface area contributed by atoms with Gasteiger partial charge < -0.3 is 0 Å². The van der Waals surface area contributed by atoms with Gasteiger partial charge in [-0.15, -0.1) is 0 Å². The van der Waals surface area contributed by atoms with Gasteiger partial charge in [0.05, 0.1) is 0 Å². The van der Waals surface area contributed by atoms with Crippen LogP contribution < -0.4 is 0 Å². The van der Waals surface area contributed by atoms with Gasteiger partial charge in [-0.05, 0) is 19.3 Å². The summed E-state index contributed by atoms with van der Waals surface area (Å²) in [4.78, 5) is 0. The molecule has 0 bridgehead atoms. The van der Waals surface area contributed by atoms with Gasteiger partial charge in [-0.1, -0.05) is 46.3 Å². The highest BCUT2D eigenvalue weighted by Crippen LogP contribution is 2.14. The van der Waals surface area contributed by atoms with Crippen molar-refractivity contribution in [3.05, 3.63) is 11.6 Å². The highest BCUT2D eigenvalue weighted by Gasteiger charge is 1.94. The molecule has 0 heteroatoms. The Bertz CT molecular complexity index is 75.3. The first-order valence-corrected chi connectivity index (χ1v) is 4.28. The lowest BCUT2D eigenvalue weighted by molar-refractivity contribution is 0.737. The standard InChI is InChI=1S/C4H6.C4H10.C2H6/c1-4-2-3-4;1-4(2)3;1-2/h2H,3H2,1H3;4H,1-3H3;1-2H3. The van der Waals surface area contributed by atoms with Crippen molar-refractivity contribution in [1.29, 1.82) is 0 Å². The summed E-state index contributed by atoms with van der Waals surface area (Å²) in [5.74, 6) is 0.833. The maximum Gasteiger partial charge on any atom is -0.0139 e. The van der Waals surface area contributed by atoms with Gasteiger partial charge in [0.15, 0.2) is 0 Å². The second-order valence-corrected chi connectivity index (χ2v) is 2.99. The Hall–Kier alpha value is -0.260. The van der Waals surface area contributed by atoms with Crippen LogP contribution >= 0.6 is 0 Å². The minimum absolute atomic E-state index is 0.833. The topological polar surface area (TPSA) is 0 Å². The Morgan fingerprint density at radius 2 is 1.30 bits per heavy atom. The van der Waals surface area contributed by atoms with Gasteiger partial charge in [-0.2, -0.15) is 0 Å². The monoisotopic (exact) mass is 142 g/mol. The minimum Gasteiger partial charge on any atom is -0.0812 e. The molecule has 0 spiro atoms. The highest BCUT2D eigenvalue weighted by molar-refractivity contribution is 5.17. The van der Waals surface area contributed by atoms with E-state index in [1.807, 2.05) is 13.8 Å². The van der Waals surface area contributed by atoms with Gasteiger partial charge in [0.1, 0.15) is 0 Å². The van der Waals surface area contributed by atoms with E-state index in [2.05, 4.69) is 33.8 Å². The first-order valence-electron chi connectivity index (χ1n) is 4.28. The van der Waals surface area contributed by atoms with Crippen molar-refractivity contribution in [3.8, 4) is 0 Å². The Morgan fingerprint density at radius 1 is 1.20 bits per heavy atom. The van der Waals surface area contributed by atoms with Crippen LogP contribution in [-0.4, -0.2) is 0 Å². The average molecular weight is 142 g/mol. The molecule has 10 heavy (non-hydrogen) atoms. The van der Waals surface area contributed by atoms with Crippen molar-refractivity contribution < 1.29 is 0 Å². The van der Waals surface area contributed by atoms with Crippen LogP contribution in [0.1, 0.15) is 48.0 Å². The molecule has 0 aliphatic heterocycles. The molecular weight excluding hydrogens is 120 g/mol. The summed E-state index contributed by atoms with van der Waals surface area (Å²) in [5.41, 5.74) is 1.54. The molecule has 0 radical (unpaired) electrons. The molecule has 62 valence electrons. The van der Waals surface area contributed by atoms with Crippen LogP contribution in [-0.2, 0) is 0 Å². The van der Waals surface area contributed by atoms with Gasteiger partial charge in [0, 0.05) is 0 Å². The molecule has 0 saturated heterocycles. The molecule has 0 aromatic carbocycles. The fourth-order valence-corrected chi connectivity index (χ4v) is 0.102. The predicted octanol–water partition coefficient (Wildman–Crippen LogP) is 4.02. The summed E-state index contributed by atoms with van der Waals surface area (Å²) >= 11 is 0. The van der Waals surface area contributed by atoms with Gasteiger partial charge in [-0.3, -0.25) is 0 Å². The number of rotatable bonds is 0. The molecule has 0 fully saturated rings. The number of hydrogen-bond donors (Lipinski definition) is 0. The first kappa shape index (κ1) is 12.4. The number of allylic oxidation sites excluding steroid dienone is 2. The first-order chi connectivity index (χ1) is 4.63. The number of hydrogen-bond acceptors (Lipinski definition) is 0. The normalized spacial score (nSPS) is 12.1. The van der Waals surface area contributed by atoms with Crippen molar-refractivity contribution in [2.45, 2.75) is 48.0 Å². The van der Waals surface area contributed by atoms with Crippen LogP contribution in [0.15, 0.2) is 11.6 Å². The molecule has 0 nitrogen and oxygen atoms in total. The smallest absolute Gasteiger partial charge is 0.0139 e. The Balaban J connectivity index is 0. The van der Waals surface area contributed by atoms with Crippen LogP contribution in [0.5, 0.6) is 0 Å². The predicted molar refractivity (Wildman–Crippen MR) is 50.2 cm³/mol. The fourth-order valence-electron chi connectivity index (χ4n) is 0.102. The second kappa shape index (κ2) is 8.74. The molecule has 0 N–H and O–H groups in total. The maximum absolute atomic E-state index is 2.21. The Labute approximate surface area is 66.3 Å². The van der Waals surface area contributed by atoms with Gasteiger partial charge in [0.25, 0.3) is 0 Å². The van der Waals surface area contributed by atoms with E-state index in [1.165, 1.54) is 6.42 Å². The van der Waals surface area contributed by atoms with E-state index in [9.17, 15) is 0 Å². The summed E-state index contributed by atoms with van der Waals surface area (Å²) in [6, 6.07) is 0. The largest absolute Gasteiger partial charge is 0.0812 e. The summed E-state index contributed by atoms with van der Waals surface area (Å²) in [7, 11) is 0. The molecule has 0 unspecified atom stereocenters. The van der Waals surface area contributed by atoms with Crippen LogP contribution in [0, 0.1) is 5.92 Å². The summed E-state index contributed by atoms with van der Waals surface area (Å²) in [6.45, 7) is 12.6. The highest BCUT2D eigenvalue weighted by atomic mass is 14.0. The van der Waals surface area contributed by atoms with E-state index in [4.69, 9.17) is 0 Å². The molecule has 0 heterocycles. The second-order valence-electron chi connectivity index (χ2n) is 2.99. The molecule has 0 amide bonds. The van der Waals surface area contributed by atoms with Crippen LogP contribution in [0.2, 0.25) is 0 Å². The molecular formula is C10H22. The third-order valence-electron chi connectivity index (χ3n) is 0.612. The molecule has 0 aromatic heterocycles. The molecule has 1 aliphatic carbocycles. The van der Waals surface area contributed by atoms with Gasteiger partial charge >= 0.3 is 0 Å². The van der Waals surface area contributed by atoms with Gasteiger partial charge in [0.2, 0.25) is 0 Å². The SMILES string of the molecule is CC.CC(C)C.CC1=CC1. The van der Waals surface area contributed by atoms with Crippen LogP contribution in [0.25, 0.3) is 0 Å². The Morgan fingerprint density at radius 3 is 1.30 bits per heavy atom. The van der Waals surface area contributed by atoms with Crippen molar-refractivity contribution in [2.24, 2.45) is 5.92 Å². The van der Waals surface area contributed by atoms with E-state index in [-0.39, 0.29) is 0 Å². The zero-order valence-electron chi connectivity index (χ0n) is 8.36. The zero-order chi connectivity index (χ0) is 8.57. The quantitative estimate of drug-likeness (QED) is 0.448. The summed E-state index contributed by atoms with van der Waals surface area (Å²) < 4.78 is 0. The van der Waals surface area contributed by atoms with Crippen LogP contribution in [0.4, 0.5) is 0 Å². The third-order valence-corrected chi connectivity index (χ3v) is 0.612. The molecule has 1 aliphatic rings. The third kappa shape index (κ3) is 46.8. The average Bonchev–Trinajstić information content (AvgIpc) is 2.55. The van der Waals surface area contributed by atoms with Crippen molar-refractivity contribution in [2.75, 3.05) is 0 Å². The lowest BCUT2D eigenvalue weighted by Crippen LogP contribution is -1.66. The minimum atomic E-state index is 0.833. The van der Waals surface area contributed by atoms with E-state index in [0.717, 1.165) is 5.92 Å². The molecule has 0 atom stereocenters. The van der Waals surface area contributed by atoms with Crippen molar-refractivity contribution in [1.82, 2.24) is 0 Å². The molecule has 1 rings (SSSR count). The lowest BCUT2D eigenvalue weighted by Gasteiger charge is -1.79. The van der Waals surface area contributed by atoms with E-state index in [0.29, 0.717) is 0 Å². The maximum atomic E-state index is 2.21. The molecule has 0 saturated carbocycles. The molecule has 0 aromatic rings. The summed E-state index contributed by atoms with van der Waals surface area (Å²) in [5, 5.41) is 0. The van der Waals surface area contributed by atoms with Crippen LogP contribution in [0.3, 0.4) is 0 Å². The van der Waals surface area contributed by atoms with E-state index in [1.54, 1.807) is 5.57 Å². The van der Waals surface area contributed by atoms with Crippen molar-refractivity contribution >= 4 is 0 Å².